The predicted molar refractivity (Wildman–Crippen MR) is 64.7 cm³/mol. The molecule has 0 aromatic carbocycles. The number of hydrogen-bond acceptors (Lipinski definition) is 3. The van der Waals surface area contributed by atoms with Gasteiger partial charge in [0.2, 0.25) is 5.91 Å². The van der Waals surface area contributed by atoms with Crippen molar-refractivity contribution in [1.29, 1.82) is 0 Å². The summed E-state index contributed by atoms with van der Waals surface area (Å²) in [6, 6.07) is 0. The Bertz CT molecular complexity index is 339. The van der Waals surface area contributed by atoms with Crippen molar-refractivity contribution in [2.45, 2.75) is 32.1 Å². The van der Waals surface area contributed by atoms with Gasteiger partial charge in [-0.3, -0.25) is 19.3 Å². The number of unbranched alkanes of at least 4 members (excludes halogenated alkanes) is 1. The van der Waals surface area contributed by atoms with Crippen molar-refractivity contribution in [2.24, 2.45) is 0 Å². The lowest BCUT2D eigenvalue weighted by molar-refractivity contribution is -0.138. The summed E-state index contributed by atoms with van der Waals surface area (Å²) in [6.07, 6.45) is 6.10. The summed E-state index contributed by atoms with van der Waals surface area (Å²) in [4.78, 5) is 34.9. The van der Waals surface area contributed by atoms with E-state index in [0.717, 1.165) is 6.42 Å². The highest BCUT2D eigenvalue weighted by atomic mass is 35.5. The summed E-state index contributed by atoms with van der Waals surface area (Å²) < 4.78 is 0. The third kappa shape index (κ3) is 4.69. The third-order valence-corrected chi connectivity index (χ3v) is 2.87. The lowest BCUT2D eigenvalue weighted by atomic mass is 10.2. The molecule has 0 spiro atoms. The largest absolute Gasteiger partial charge is 0.298 e. The van der Waals surface area contributed by atoms with E-state index < -0.39 is 0 Å². The summed E-state index contributed by atoms with van der Waals surface area (Å²) >= 11 is 5.35. The minimum atomic E-state index is -0.254. The Labute approximate surface area is 106 Å². The molecule has 1 heterocycles. The fraction of sp³-hybridized carbons (Fsp3) is 0.583. The van der Waals surface area contributed by atoms with Gasteiger partial charge in [0, 0.05) is 19.4 Å². The molecule has 0 aliphatic carbocycles. The highest BCUT2D eigenvalue weighted by Crippen LogP contribution is 2.10. The molecule has 1 aliphatic rings. The number of nitrogens with zero attached hydrogens (tertiary/aromatic N) is 1. The summed E-state index contributed by atoms with van der Waals surface area (Å²) in [6.45, 7) is 0.521. The van der Waals surface area contributed by atoms with Gasteiger partial charge in [-0.1, -0.05) is 6.08 Å². The number of halogens is 1. The number of Topliss-reactive ketones (excluding diaryl/α,β-unsaturated/α-hetero) is 1. The smallest absolute Gasteiger partial charge is 0.252 e. The Balaban J connectivity index is 2.22. The van der Waals surface area contributed by atoms with E-state index in [4.69, 9.17) is 11.6 Å². The Kier molecular flexibility index (Phi) is 5.91. The number of likely N-dealkylation sites (tertiary alicyclic amines) is 1. The predicted octanol–water partition coefficient (Wildman–Crippen LogP) is 1.67. The molecule has 0 radical (unpaired) electrons. The molecule has 1 rings (SSSR count). The number of ketones is 1. The molecule has 0 N–H and O–H groups in total. The number of allylic oxidation sites excluding steroid dienone is 1. The standard InChI is InChI=1S/C12H16ClNO3/c13-9-10(15)5-2-1-3-6-11(16)14-8-4-7-12(14)17/h3,6H,1-2,4-5,7-9H2/b6-3+. The normalized spacial score (nSPS) is 15.8. The number of carbonyl (C=O) groups excluding carboxylic acids is 3. The Hall–Kier alpha value is -1.16. The fourth-order valence-electron chi connectivity index (χ4n) is 1.64. The Morgan fingerprint density at radius 3 is 2.76 bits per heavy atom. The SMILES string of the molecule is O=C(CCl)CCC/C=C/C(=O)N1CCCC1=O. The Morgan fingerprint density at radius 1 is 1.41 bits per heavy atom. The van der Waals surface area contributed by atoms with Crippen molar-refractivity contribution in [1.82, 2.24) is 4.90 Å². The van der Waals surface area contributed by atoms with Crippen LogP contribution in [0.1, 0.15) is 32.1 Å². The molecule has 0 saturated carbocycles. The quantitative estimate of drug-likeness (QED) is 0.413. The van der Waals surface area contributed by atoms with Crippen LogP contribution in [0.15, 0.2) is 12.2 Å². The molecule has 5 heteroatoms. The third-order valence-electron chi connectivity index (χ3n) is 2.58. The maximum absolute atomic E-state index is 11.5. The van der Waals surface area contributed by atoms with E-state index in [1.165, 1.54) is 11.0 Å². The molecule has 0 aromatic heterocycles. The summed E-state index contributed by atoms with van der Waals surface area (Å²) in [5, 5.41) is 0. The average molecular weight is 258 g/mol. The molecule has 2 amide bonds. The van der Waals surface area contributed by atoms with E-state index in [1.807, 2.05) is 0 Å². The Morgan fingerprint density at radius 2 is 2.18 bits per heavy atom. The second kappa shape index (κ2) is 7.22. The topological polar surface area (TPSA) is 54.5 Å². The van der Waals surface area contributed by atoms with Gasteiger partial charge in [0.15, 0.2) is 0 Å². The van der Waals surface area contributed by atoms with Crippen LogP contribution < -0.4 is 0 Å². The zero-order valence-electron chi connectivity index (χ0n) is 9.65. The number of carbonyl (C=O) groups is 3. The molecule has 4 nitrogen and oxygen atoms in total. The molecule has 0 unspecified atom stereocenters. The monoisotopic (exact) mass is 257 g/mol. The second-order valence-corrected chi connectivity index (χ2v) is 4.22. The van der Waals surface area contributed by atoms with Gasteiger partial charge < -0.3 is 0 Å². The van der Waals surface area contributed by atoms with Crippen LogP contribution in [0, 0.1) is 0 Å². The molecule has 0 bridgehead atoms. The zero-order chi connectivity index (χ0) is 12.7. The van der Waals surface area contributed by atoms with Crippen LogP contribution in [0.25, 0.3) is 0 Å². The lowest BCUT2D eigenvalue weighted by Gasteiger charge is -2.09. The van der Waals surface area contributed by atoms with Gasteiger partial charge in [-0.2, -0.15) is 0 Å². The molecule has 0 aromatic rings. The number of hydrogen-bond donors (Lipinski definition) is 0. The zero-order valence-corrected chi connectivity index (χ0v) is 10.4. The van der Waals surface area contributed by atoms with E-state index in [0.29, 0.717) is 32.2 Å². The van der Waals surface area contributed by atoms with Crippen LogP contribution in [-0.2, 0) is 14.4 Å². The van der Waals surface area contributed by atoms with Gasteiger partial charge in [-0.25, -0.2) is 0 Å². The van der Waals surface area contributed by atoms with Crippen LogP contribution in [0.2, 0.25) is 0 Å². The van der Waals surface area contributed by atoms with Crippen molar-refractivity contribution >= 4 is 29.2 Å². The van der Waals surface area contributed by atoms with E-state index in [-0.39, 0.29) is 23.5 Å². The number of amides is 2. The number of alkyl halides is 1. The number of rotatable bonds is 6. The molecule has 0 atom stereocenters. The molecule has 1 saturated heterocycles. The van der Waals surface area contributed by atoms with E-state index in [9.17, 15) is 14.4 Å². The van der Waals surface area contributed by atoms with Crippen LogP contribution in [0.4, 0.5) is 0 Å². The van der Waals surface area contributed by atoms with Gasteiger partial charge in [-0.15, -0.1) is 11.6 Å². The summed E-state index contributed by atoms with van der Waals surface area (Å²) in [5.41, 5.74) is 0. The first-order valence-electron chi connectivity index (χ1n) is 5.73. The maximum atomic E-state index is 11.5. The van der Waals surface area contributed by atoms with Gasteiger partial charge >= 0.3 is 0 Å². The van der Waals surface area contributed by atoms with Gasteiger partial charge in [0.25, 0.3) is 5.91 Å². The highest BCUT2D eigenvalue weighted by molar-refractivity contribution is 6.27. The minimum absolute atomic E-state index is 0.0149. The second-order valence-electron chi connectivity index (χ2n) is 3.95. The van der Waals surface area contributed by atoms with Gasteiger partial charge in [-0.05, 0) is 25.3 Å². The summed E-state index contributed by atoms with van der Waals surface area (Å²) in [5.74, 6) is -0.292. The van der Waals surface area contributed by atoms with Crippen LogP contribution in [-0.4, -0.2) is 34.9 Å². The van der Waals surface area contributed by atoms with E-state index >= 15 is 0 Å². The minimum Gasteiger partial charge on any atom is -0.298 e. The van der Waals surface area contributed by atoms with Crippen LogP contribution in [0.5, 0.6) is 0 Å². The average Bonchev–Trinajstić information content (AvgIpc) is 2.74. The molecule has 1 fully saturated rings. The molecule has 94 valence electrons. The molecule has 17 heavy (non-hydrogen) atoms. The van der Waals surface area contributed by atoms with Crippen molar-refractivity contribution in [3.05, 3.63) is 12.2 Å². The van der Waals surface area contributed by atoms with Crippen LogP contribution >= 0.6 is 11.6 Å². The first-order valence-corrected chi connectivity index (χ1v) is 6.27. The lowest BCUT2D eigenvalue weighted by Crippen LogP contribution is -2.30. The van der Waals surface area contributed by atoms with E-state index in [1.54, 1.807) is 6.08 Å². The van der Waals surface area contributed by atoms with Gasteiger partial charge in [0.05, 0.1) is 5.88 Å². The first kappa shape index (κ1) is 13.9. The van der Waals surface area contributed by atoms with Crippen molar-refractivity contribution in [2.75, 3.05) is 12.4 Å². The number of imide groups is 1. The van der Waals surface area contributed by atoms with Crippen molar-refractivity contribution < 1.29 is 14.4 Å². The maximum Gasteiger partial charge on any atom is 0.252 e. The van der Waals surface area contributed by atoms with Crippen molar-refractivity contribution in [3.63, 3.8) is 0 Å². The highest BCUT2D eigenvalue weighted by Gasteiger charge is 2.24. The molecular weight excluding hydrogens is 242 g/mol. The molecular formula is C12H16ClNO3. The van der Waals surface area contributed by atoms with Crippen LogP contribution in [0.3, 0.4) is 0 Å². The fourth-order valence-corrected chi connectivity index (χ4v) is 1.77. The van der Waals surface area contributed by atoms with Gasteiger partial charge in [0.1, 0.15) is 5.78 Å². The first-order chi connectivity index (χ1) is 8.15. The summed E-state index contributed by atoms with van der Waals surface area (Å²) in [7, 11) is 0. The van der Waals surface area contributed by atoms with Crippen molar-refractivity contribution in [3.8, 4) is 0 Å². The molecule has 1 aliphatic heterocycles. The van der Waals surface area contributed by atoms with E-state index in [2.05, 4.69) is 0 Å².